The molecule has 0 saturated heterocycles. The van der Waals surface area contributed by atoms with Gasteiger partial charge in [-0.25, -0.2) is 16.8 Å². The Morgan fingerprint density at radius 1 is 1.36 bits per heavy atom. The van der Waals surface area contributed by atoms with Crippen molar-refractivity contribution in [3.05, 3.63) is 0 Å². The van der Waals surface area contributed by atoms with E-state index in [2.05, 4.69) is 10.6 Å². The van der Waals surface area contributed by atoms with Gasteiger partial charge in [0.05, 0.1) is 6.04 Å². The van der Waals surface area contributed by atoms with Gasteiger partial charge in [-0.3, -0.25) is 0 Å². The molecule has 0 bridgehead atoms. The van der Waals surface area contributed by atoms with Gasteiger partial charge in [-0.05, 0) is 6.42 Å². The van der Waals surface area contributed by atoms with Crippen LogP contribution in [0, 0.1) is 12.3 Å². The second kappa shape index (κ2) is 4.77. The first-order valence-corrected chi connectivity index (χ1v) is 7.55. The van der Waals surface area contributed by atoms with E-state index >= 15 is 0 Å². The van der Waals surface area contributed by atoms with E-state index in [4.69, 9.17) is 6.42 Å². The zero-order valence-electron chi connectivity index (χ0n) is 8.02. The SMILES string of the molecule is C#CC(CC)NS(=O)(=O)CS(C)(=O)=O. The second-order valence-electron chi connectivity index (χ2n) is 2.90. The van der Waals surface area contributed by atoms with Gasteiger partial charge < -0.3 is 0 Å². The Hall–Kier alpha value is -0.580. The van der Waals surface area contributed by atoms with Gasteiger partial charge in [0.15, 0.2) is 14.9 Å². The van der Waals surface area contributed by atoms with E-state index in [-0.39, 0.29) is 0 Å². The zero-order chi connectivity index (χ0) is 11.4. The summed E-state index contributed by atoms with van der Waals surface area (Å²) in [6, 6.07) is -0.651. The van der Waals surface area contributed by atoms with Crippen LogP contribution in [0.2, 0.25) is 0 Å². The minimum Gasteiger partial charge on any atom is -0.228 e. The molecule has 5 nitrogen and oxygen atoms in total. The van der Waals surface area contributed by atoms with E-state index in [1.54, 1.807) is 6.92 Å². The summed E-state index contributed by atoms with van der Waals surface area (Å²) >= 11 is 0. The monoisotopic (exact) mass is 239 g/mol. The number of terminal acetylenes is 1. The van der Waals surface area contributed by atoms with Crippen molar-refractivity contribution in [2.45, 2.75) is 19.4 Å². The van der Waals surface area contributed by atoms with Gasteiger partial charge in [0.25, 0.3) is 0 Å². The predicted octanol–water partition coefficient (Wildman–Crippen LogP) is -0.680. The molecule has 0 aliphatic rings. The number of nitrogens with one attached hydrogen (secondary N) is 1. The Morgan fingerprint density at radius 3 is 2.14 bits per heavy atom. The van der Waals surface area contributed by atoms with Crippen molar-refractivity contribution in [2.24, 2.45) is 0 Å². The molecule has 0 heterocycles. The molecule has 1 atom stereocenters. The Kier molecular flexibility index (Phi) is 4.58. The Labute approximate surface area is 84.9 Å². The zero-order valence-corrected chi connectivity index (χ0v) is 9.65. The van der Waals surface area contributed by atoms with Gasteiger partial charge in [0.1, 0.15) is 0 Å². The molecule has 0 radical (unpaired) electrons. The van der Waals surface area contributed by atoms with Gasteiger partial charge >= 0.3 is 0 Å². The fraction of sp³-hybridized carbons (Fsp3) is 0.714. The van der Waals surface area contributed by atoms with Gasteiger partial charge in [-0.2, -0.15) is 4.72 Å². The van der Waals surface area contributed by atoms with Crippen molar-refractivity contribution in [1.29, 1.82) is 0 Å². The molecule has 0 aromatic heterocycles. The average Bonchev–Trinajstić information content (AvgIpc) is 1.95. The van der Waals surface area contributed by atoms with Gasteiger partial charge in [0, 0.05) is 6.26 Å². The van der Waals surface area contributed by atoms with Crippen LogP contribution in [0.15, 0.2) is 0 Å². The molecule has 0 aliphatic carbocycles. The Balaban J connectivity index is 4.61. The summed E-state index contributed by atoms with van der Waals surface area (Å²) in [5.41, 5.74) is 0. The van der Waals surface area contributed by atoms with Crippen molar-refractivity contribution in [2.75, 3.05) is 11.3 Å². The summed E-state index contributed by atoms with van der Waals surface area (Å²) in [5.74, 6) is 2.21. The van der Waals surface area contributed by atoms with E-state index in [1.807, 2.05) is 0 Å². The molecule has 0 aromatic carbocycles. The summed E-state index contributed by atoms with van der Waals surface area (Å²) in [4.78, 5) is 0. The third-order valence-corrected chi connectivity index (χ3v) is 4.90. The summed E-state index contributed by atoms with van der Waals surface area (Å²) in [7, 11) is -7.41. The lowest BCUT2D eigenvalue weighted by Crippen LogP contribution is -2.36. The van der Waals surface area contributed by atoms with E-state index in [0.717, 1.165) is 6.26 Å². The molecule has 0 aliphatic heterocycles. The summed E-state index contributed by atoms with van der Waals surface area (Å²) in [6.45, 7) is 1.70. The molecule has 82 valence electrons. The lowest BCUT2D eigenvalue weighted by atomic mass is 10.3. The third kappa shape index (κ3) is 5.96. The summed E-state index contributed by atoms with van der Waals surface area (Å²) in [6.07, 6.45) is 6.29. The van der Waals surface area contributed by atoms with Crippen LogP contribution in [0.25, 0.3) is 0 Å². The number of hydrogen-bond acceptors (Lipinski definition) is 4. The van der Waals surface area contributed by atoms with Crippen molar-refractivity contribution in [3.8, 4) is 12.3 Å². The van der Waals surface area contributed by atoms with Gasteiger partial charge in [-0.15, -0.1) is 6.42 Å². The van der Waals surface area contributed by atoms with Crippen molar-refractivity contribution < 1.29 is 16.8 Å². The van der Waals surface area contributed by atoms with E-state index in [1.165, 1.54) is 0 Å². The largest absolute Gasteiger partial charge is 0.228 e. The van der Waals surface area contributed by atoms with Crippen molar-refractivity contribution in [1.82, 2.24) is 4.72 Å². The highest BCUT2D eigenvalue weighted by Crippen LogP contribution is 1.96. The predicted molar refractivity (Wildman–Crippen MR) is 54.7 cm³/mol. The molecule has 1 N–H and O–H groups in total. The molecule has 0 fully saturated rings. The van der Waals surface area contributed by atoms with Crippen LogP contribution in [0.3, 0.4) is 0 Å². The molecule has 14 heavy (non-hydrogen) atoms. The quantitative estimate of drug-likeness (QED) is 0.645. The van der Waals surface area contributed by atoms with Crippen molar-refractivity contribution >= 4 is 19.9 Å². The topological polar surface area (TPSA) is 80.3 Å². The number of rotatable bonds is 5. The molecular weight excluding hydrogens is 226 g/mol. The molecule has 0 saturated carbocycles. The standard InChI is InChI=1S/C7H13NO4S2/c1-4-7(5-2)8-14(11,12)6-13(3,9)10/h1,7-8H,5-6H2,2-3H3. The maximum Gasteiger partial charge on any atom is 0.227 e. The van der Waals surface area contributed by atoms with Crippen LogP contribution in [-0.2, 0) is 19.9 Å². The first-order chi connectivity index (χ1) is 6.20. The van der Waals surface area contributed by atoms with Crippen LogP contribution in [0.5, 0.6) is 0 Å². The van der Waals surface area contributed by atoms with Crippen LogP contribution in [-0.4, -0.2) is 34.2 Å². The smallest absolute Gasteiger partial charge is 0.227 e. The highest BCUT2D eigenvalue weighted by atomic mass is 32.3. The lowest BCUT2D eigenvalue weighted by molar-refractivity contribution is 0.571. The summed E-state index contributed by atoms with van der Waals surface area (Å²) < 4.78 is 46.0. The third-order valence-electron chi connectivity index (χ3n) is 1.30. The van der Waals surface area contributed by atoms with Crippen molar-refractivity contribution in [3.63, 3.8) is 0 Å². The molecule has 0 amide bonds. The van der Waals surface area contributed by atoms with Crippen LogP contribution >= 0.6 is 0 Å². The highest BCUT2D eigenvalue weighted by Gasteiger charge is 2.20. The van der Waals surface area contributed by atoms with E-state index < -0.39 is 31.0 Å². The molecule has 7 heteroatoms. The first kappa shape index (κ1) is 13.4. The maximum absolute atomic E-state index is 11.2. The van der Waals surface area contributed by atoms with E-state index in [9.17, 15) is 16.8 Å². The maximum atomic E-state index is 11.2. The Bertz CT molecular complexity index is 415. The summed E-state index contributed by atoms with van der Waals surface area (Å²) in [5, 5.41) is -0.932. The van der Waals surface area contributed by atoms with Crippen LogP contribution < -0.4 is 4.72 Å². The van der Waals surface area contributed by atoms with E-state index in [0.29, 0.717) is 6.42 Å². The molecule has 0 rings (SSSR count). The fourth-order valence-corrected chi connectivity index (χ4v) is 3.96. The lowest BCUT2D eigenvalue weighted by Gasteiger charge is -2.10. The minimum atomic E-state index is -3.84. The fourth-order valence-electron chi connectivity index (χ4n) is 0.768. The highest BCUT2D eigenvalue weighted by molar-refractivity contribution is 8.06. The normalized spacial score (nSPS) is 14.6. The van der Waals surface area contributed by atoms with Crippen LogP contribution in [0.4, 0.5) is 0 Å². The average molecular weight is 239 g/mol. The van der Waals surface area contributed by atoms with Crippen LogP contribution in [0.1, 0.15) is 13.3 Å². The number of sulfonamides is 1. The first-order valence-electron chi connectivity index (χ1n) is 3.84. The second-order valence-corrected chi connectivity index (χ2v) is 7.16. The molecule has 1 unspecified atom stereocenters. The molecule has 0 spiro atoms. The van der Waals surface area contributed by atoms with Gasteiger partial charge in [-0.1, -0.05) is 12.8 Å². The Morgan fingerprint density at radius 2 is 1.86 bits per heavy atom. The molecule has 0 aromatic rings. The number of sulfone groups is 1. The molecular formula is C7H13NO4S2. The number of hydrogen-bond donors (Lipinski definition) is 1. The van der Waals surface area contributed by atoms with Gasteiger partial charge in [0.2, 0.25) is 10.0 Å². The minimum absolute atomic E-state index is 0.416.